The molecular formula is C26H49NO5. The van der Waals surface area contributed by atoms with E-state index in [4.69, 9.17) is 4.74 Å². The van der Waals surface area contributed by atoms with Gasteiger partial charge in [0.15, 0.2) is 0 Å². The number of carbonyl (C=O) groups excluding carboxylic acids is 2. The van der Waals surface area contributed by atoms with Crippen LogP contribution < -0.4 is 5.32 Å². The third-order valence-electron chi connectivity index (χ3n) is 5.43. The zero-order valence-corrected chi connectivity index (χ0v) is 21.2. The average Bonchev–Trinajstić information content (AvgIpc) is 2.69. The third-order valence-corrected chi connectivity index (χ3v) is 5.43. The largest absolute Gasteiger partial charge is 0.480 e. The maximum atomic E-state index is 12.0. The number of carbonyl (C=O) groups is 3. The number of amides is 1. The maximum absolute atomic E-state index is 12.0. The Morgan fingerprint density at radius 1 is 0.750 bits per heavy atom. The first kappa shape index (κ1) is 30.4. The zero-order chi connectivity index (χ0) is 24.2. The molecule has 0 saturated carbocycles. The smallest absolute Gasteiger partial charge is 0.326 e. The number of nitrogens with one attached hydrogen (secondary N) is 1. The molecule has 6 nitrogen and oxygen atoms in total. The molecule has 0 aliphatic rings. The molecule has 0 aromatic rings. The number of rotatable bonds is 20. The number of ether oxygens (including phenoxy) is 1. The lowest BCUT2D eigenvalue weighted by Crippen LogP contribution is -2.43. The molecule has 0 rings (SSSR count). The number of carboxylic acids is 1. The molecule has 0 aliphatic carbocycles. The number of hydrogen-bond acceptors (Lipinski definition) is 4. The van der Waals surface area contributed by atoms with Crippen LogP contribution in [0.2, 0.25) is 0 Å². The molecular weight excluding hydrogens is 406 g/mol. The van der Waals surface area contributed by atoms with Gasteiger partial charge in [-0.25, -0.2) is 4.79 Å². The van der Waals surface area contributed by atoms with Crippen molar-refractivity contribution in [1.29, 1.82) is 0 Å². The van der Waals surface area contributed by atoms with Gasteiger partial charge < -0.3 is 15.2 Å². The van der Waals surface area contributed by atoms with Crippen LogP contribution in [-0.4, -0.2) is 34.6 Å². The van der Waals surface area contributed by atoms with Crippen LogP contribution >= 0.6 is 0 Å². The highest BCUT2D eigenvalue weighted by Crippen LogP contribution is 2.14. The van der Waals surface area contributed by atoms with Crippen LogP contribution in [0.25, 0.3) is 0 Å². The molecule has 2 N–H and O–H groups in total. The van der Waals surface area contributed by atoms with Crippen molar-refractivity contribution in [3.05, 3.63) is 0 Å². The van der Waals surface area contributed by atoms with Crippen molar-refractivity contribution in [1.82, 2.24) is 5.32 Å². The van der Waals surface area contributed by atoms with Gasteiger partial charge in [0.25, 0.3) is 0 Å². The Morgan fingerprint density at radius 2 is 1.16 bits per heavy atom. The fourth-order valence-corrected chi connectivity index (χ4v) is 3.67. The van der Waals surface area contributed by atoms with E-state index in [0.717, 1.165) is 19.3 Å². The van der Waals surface area contributed by atoms with Gasteiger partial charge in [-0.05, 0) is 27.2 Å². The van der Waals surface area contributed by atoms with Crippen molar-refractivity contribution in [2.75, 3.05) is 0 Å². The van der Waals surface area contributed by atoms with Gasteiger partial charge in [-0.2, -0.15) is 0 Å². The first-order valence-electron chi connectivity index (χ1n) is 12.9. The van der Waals surface area contributed by atoms with E-state index in [1.807, 2.05) is 0 Å². The highest BCUT2D eigenvalue weighted by molar-refractivity contribution is 5.87. The molecule has 0 heterocycles. The van der Waals surface area contributed by atoms with E-state index in [1.54, 1.807) is 20.8 Å². The van der Waals surface area contributed by atoms with Gasteiger partial charge in [0.2, 0.25) is 5.91 Å². The molecule has 1 amide bonds. The topological polar surface area (TPSA) is 92.7 Å². The molecule has 6 heteroatoms. The summed E-state index contributed by atoms with van der Waals surface area (Å²) >= 11 is 0. The lowest BCUT2D eigenvalue weighted by Gasteiger charge is -2.21. The van der Waals surface area contributed by atoms with Gasteiger partial charge in [0, 0.05) is 6.42 Å². The standard InChI is InChI=1S/C26H49NO5/c1-5-6-7-8-9-10-11-12-13-14-15-16-17-18-19-20-23(28)27-22(25(30)31)21-24(29)32-26(2,3)4/h22H,5-21H2,1-4H3,(H,27,28)(H,30,31). The zero-order valence-electron chi connectivity index (χ0n) is 21.2. The van der Waals surface area contributed by atoms with Gasteiger partial charge in [0.05, 0.1) is 6.42 Å². The molecule has 1 atom stereocenters. The number of hydrogen-bond donors (Lipinski definition) is 2. The highest BCUT2D eigenvalue weighted by atomic mass is 16.6. The van der Waals surface area contributed by atoms with Crippen LogP contribution in [0, 0.1) is 0 Å². The molecule has 188 valence electrons. The second kappa shape index (κ2) is 18.9. The fraction of sp³-hybridized carbons (Fsp3) is 0.885. The lowest BCUT2D eigenvalue weighted by molar-refractivity contribution is -0.158. The number of esters is 1. The van der Waals surface area contributed by atoms with Gasteiger partial charge in [0.1, 0.15) is 11.6 Å². The molecule has 0 bridgehead atoms. The van der Waals surface area contributed by atoms with Crippen LogP contribution in [-0.2, 0) is 19.1 Å². The predicted molar refractivity (Wildman–Crippen MR) is 130 cm³/mol. The molecule has 0 aliphatic heterocycles. The van der Waals surface area contributed by atoms with Crippen LogP contribution in [0.15, 0.2) is 0 Å². The summed E-state index contributed by atoms with van der Waals surface area (Å²) < 4.78 is 5.14. The van der Waals surface area contributed by atoms with Crippen LogP contribution in [0.3, 0.4) is 0 Å². The van der Waals surface area contributed by atoms with E-state index < -0.39 is 23.6 Å². The summed E-state index contributed by atoms with van der Waals surface area (Å²) in [6.07, 6.45) is 18.8. The van der Waals surface area contributed by atoms with Crippen molar-refractivity contribution in [2.45, 2.75) is 148 Å². The summed E-state index contributed by atoms with van der Waals surface area (Å²) in [5.74, 6) is -2.17. The molecule has 32 heavy (non-hydrogen) atoms. The van der Waals surface area contributed by atoms with Gasteiger partial charge in [-0.1, -0.05) is 96.8 Å². The van der Waals surface area contributed by atoms with Crippen molar-refractivity contribution in [2.24, 2.45) is 0 Å². The fourth-order valence-electron chi connectivity index (χ4n) is 3.67. The SMILES string of the molecule is CCCCCCCCCCCCCCCCCC(=O)NC(CC(=O)OC(C)(C)C)C(=O)O. The Labute approximate surface area is 196 Å². The summed E-state index contributed by atoms with van der Waals surface area (Å²) in [7, 11) is 0. The minimum absolute atomic E-state index is 0.288. The minimum Gasteiger partial charge on any atom is -0.480 e. The Balaban J connectivity index is 3.67. The molecule has 0 aromatic heterocycles. The second-order valence-electron chi connectivity index (χ2n) is 9.95. The summed E-state index contributed by atoms with van der Waals surface area (Å²) in [5, 5.41) is 11.7. The van der Waals surface area contributed by atoms with Crippen LogP contribution in [0.1, 0.15) is 137 Å². The van der Waals surface area contributed by atoms with Gasteiger partial charge in [-0.15, -0.1) is 0 Å². The molecule has 1 unspecified atom stereocenters. The van der Waals surface area contributed by atoms with Crippen molar-refractivity contribution >= 4 is 17.8 Å². The van der Waals surface area contributed by atoms with E-state index >= 15 is 0 Å². The van der Waals surface area contributed by atoms with Gasteiger partial charge >= 0.3 is 11.9 Å². The summed E-state index contributed by atoms with van der Waals surface area (Å²) in [6.45, 7) is 7.41. The third kappa shape index (κ3) is 20.3. The maximum Gasteiger partial charge on any atom is 0.326 e. The first-order chi connectivity index (χ1) is 15.2. The van der Waals surface area contributed by atoms with Crippen molar-refractivity contribution in [3.8, 4) is 0 Å². The predicted octanol–water partition coefficient (Wildman–Crippen LogP) is 6.55. The molecule has 0 radical (unpaired) electrons. The second-order valence-corrected chi connectivity index (χ2v) is 9.95. The number of carboxylic acid groups (broad SMARTS) is 1. The van der Waals surface area contributed by atoms with E-state index in [9.17, 15) is 19.5 Å². The Bertz CT molecular complexity index is 513. The van der Waals surface area contributed by atoms with Crippen LogP contribution in [0.4, 0.5) is 0 Å². The van der Waals surface area contributed by atoms with Gasteiger partial charge in [-0.3, -0.25) is 9.59 Å². The highest BCUT2D eigenvalue weighted by Gasteiger charge is 2.26. The van der Waals surface area contributed by atoms with E-state index in [2.05, 4.69) is 12.2 Å². The first-order valence-corrected chi connectivity index (χ1v) is 12.9. The molecule has 0 saturated heterocycles. The Hall–Kier alpha value is -1.59. The van der Waals surface area contributed by atoms with Crippen LogP contribution in [0.5, 0.6) is 0 Å². The molecule has 0 spiro atoms. The van der Waals surface area contributed by atoms with E-state index in [0.29, 0.717) is 0 Å². The minimum atomic E-state index is -1.24. The molecule has 0 fully saturated rings. The van der Waals surface area contributed by atoms with E-state index in [-0.39, 0.29) is 18.7 Å². The summed E-state index contributed by atoms with van der Waals surface area (Å²) in [4.78, 5) is 35.2. The van der Waals surface area contributed by atoms with E-state index in [1.165, 1.54) is 77.0 Å². The average molecular weight is 456 g/mol. The summed E-state index contributed by atoms with van der Waals surface area (Å²) in [6, 6.07) is -1.24. The number of aliphatic carboxylic acids is 1. The molecule has 0 aromatic carbocycles. The Kier molecular flexibility index (Phi) is 18.0. The van der Waals surface area contributed by atoms with Crippen molar-refractivity contribution < 1.29 is 24.2 Å². The normalized spacial score (nSPS) is 12.4. The number of unbranched alkanes of at least 4 members (excludes halogenated alkanes) is 14. The Morgan fingerprint density at radius 3 is 1.53 bits per heavy atom. The monoisotopic (exact) mass is 455 g/mol. The summed E-state index contributed by atoms with van der Waals surface area (Å²) in [5.41, 5.74) is -0.683. The van der Waals surface area contributed by atoms with Crippen molar-refractivity contribution in [3.63, 3.8) is 0 Å². The lowest BCUT2D eigenvalue weighted by atomic mass is 10.0. The quantitative estimate of drug-likeness (QED) is 0.160.